The Hall–Kier alpha value is -0.860. The molecule has 1 aromatic rings. The van der Waals surface area contributed by atoms with E-state index in [1.54, 1.807) is 0 Å². The van der Waals surface area contributed by atoms with Gasteiger partial charge in [0, 0.05) is 19.1 Å². The Morgan fingerprint density at radius 2 is 1.89 bits per heavy atom. The molecule has 1 aromatic carbocycles. The van der Waals surface area contributed by atoms with Crippen LogP contribution in [0, 0.1) is 0 Å². The summed E-state index contributed by atoms with van der Waals surface area (Å²) in [6, 6.07) is 9.55. The Balaban J connectivity index is 2.64. The van der Waals surface area contributed by atoms with Crippen molar-refractivity contribution in [1.29, 1.82) is 0 Å². The van der Waals surface area contributed by atoms with Crippen LogP contribution in [0.25, 0.3) is 0 Å². The molecule has 0 aromatic heterocycles. The van der Waals surface area contributed by atoms with Crippen LogP contribution in [0.1, 0.15) is 45.2 Å². The average Bonchev–Trinajstić information content (AvgIpc) is 2.36. The van der Waals surface area contributed by atoms with Crippen LogP contribution in [0.2, 0.25) is 0 Å². The van der Waals surface area contributed by atoms with Crippen molar-refractivity contribution in [3.63, 3.8) is 0 Å². The van der Waals surface area contributed by atoms with Crippen molar-refractivity contribution in [1.82, 2.24) is 10.2 Å². The molecule has 0 aliphatic carbocycles. The second kappa shape index (κ2) is 8.28. The van der Waals surface area contributed by atoms with Crippen LogP contribution >= 0.6 is 0 Å². The van der Waals surface area contributed by atoms with Crippen molar-refractivity contribution in [3.05, 3.63) is 35.4 Å². The van der Waals surface area contributed by atoms with Crippen molar-refractivity contribution in [2.75, 3.05) is 13.1 Å². The van der Waals surface area contributed by atoms with Gasteiger partial charge in [-0.1, -0.05) is 38.1 Å². The molecule has 0 atom stereocenters. The second-order valence-electron chi connectivity index (χ2n) is 5.16. The molecule has 0 heterocycles. The third kappa shape index (κ3) is 5.19. The molecule has 0 spiro atoms. The zero-order valence-electron chi connectivity index (χ0n) is 12.4. The highest BCUT2D eigenvalue weighted by Gasteiger charge is 2.08. The molecule has 0 amide bonds. The lowest BCUT2D eigenvalue weighted by Gasteiger charge is -2.26. The maximum Gasteiger partial charge on any atom is 0.0236 e. The van der Waals surface area contributed by atoms with Crippen molar-refractivity contribution in [3.8, 4) is 0 Å². The molecule has 102 valence electrons. The van der Waals surface area contributed by atoms with Gasteiger partial charge in [0.25, 0.3) is 0 Å². The summed E-state index contributed by atoms with van der Waals surface area (Å²) < 4.78 is 0. The number of hydrogen-bond donors (Lipinski definition) is 1. The minimum atomic E-state index is 0.613. The van der Waals surface area contributed by atoms with Crippen LogP contribution in [-0.2, 0) is 13.1 Å². The molecule has 0 radical (unpaired) electrons. The Labute approximate surface area is 112 Å². The zero-order chi connectivity index (χ0) is 13.4. The highest BCUT2D eigenvalue weighted by molar-refractivity contribution is 5.23. The quantitative estimate of drug-likeness (QED) is 0.758. The van der Waals surface area contributed by atoms with Gasteiger partial charge < -0.3 is 5.32 Å². The van der Waals surface area contributed by atoms with E-state index < -0.39 is 0 Å². The van der Waals surface area contributed by atoms with E-state index in [2.05, 4.69) is 62.2 Å². The van der Waals surface area contributed by atoms with Gasteiger partial charge in [-0.2, -0.15) is 0 Å². The van der Waals surface area contributed by atoms with E-state index in [0.29, 0.717) is 6.04 Å². The summed E-state index contributed by atoms with van der Waals surface area (Å²) in [4.78, 5) is 2.53. The summed E-state index contributed by atoms with van der Waals surface area (Å²) in [5.74, 6) is 0. The summed E-state index contributed by atoms with van der Waals surface area (Å²) in [5.41, 5.74) is 2.81. The molecule has 0 saturated carbocycles. The largest absolute Gasteiger partial charge is 0.313 e. The Morgan fingerprint density at radius 3 is 2.50 bits per heavy atom. The summed E-state index contributed by atoms with van der Waals surface area (Å²) in [5, 5.41) is 3.38. The Morgan fingerprint density at radius 1 is 1.17 bits per heavy atom. The minimum Gasteiger partial charge on any atom is -0.313 e. The lowest BCUT2D eigenvalue weighted by atomic mass is 10.1. The predicted octanol–water partition coefficient (Wildman–Crippen LogP) is 3.42. The predicted molar refractivity (Wildman–Crippen MR) is 79.7 cm³/mol. The van der Waals surface area contributed by atoms with E-state index in [1.165, 1.54) is 24.1 Å². The van der Waals surface area contributed by atoms with Gasteiger partial charge in [-0.15, -0.1) is 0 Å². The second-order valence-corrected chi connectivity index (χ2v) is 5.16. The molecule has 0 aliphatic heterocycles. The van der Waals surface area contributed by atoms with Gasteiger partial charge in [-0.25, -0.2) is 0 Å². The molecule has 18 heavy (non-hydrogen) atoms. The molecule has 0 bridgehead atoms. The van der Waals surface area contributed by atoms with Gasteiger partial charge in [0.2, 0.25) is 0 Å². The van der Waals surface area contributed by atoms with Crippen molar-refractivity contribution >= 4 is 0 Å². The molecule has 2 nitrogen and oxygen atoms in total. The van der Waals surface area contributed by atoms with Gasteiger partial charge >= 0.3 is 0 Å². The first kappa shape index (κ1) is 15.2. The Kier molecular flexibility index (Phi) is 6.99. The van der Waals surface area contributed by atoms with Gasteiger partial charge in [0.15, 0.2) is 0 Å². The first-order valence-electron chi connectivity index (χ1n) is 7.20. The molecule has 2 heteroatoms. The molecule has 0 aliphatic rings. The van der Waals surface area contributed by atoms with Gasteiger partial charge in [-0.05, 0) is 44.5 Å². The van der Waals surface area contributed by atoms with Crippen LogP contribution in [0.3, 0.4) is 0 Å². The monoisotopic (exact) mass is 248 g/mol. The standard InChI is InChI=1S/C16H28N2/c1-5-10-18(14(3)4)13-16-9-7-8-15(11-16)12-17-6-2/h7-9,11,14,17H,5-6,10,12-13H2,1-4H3. The number of rotatable bonds is 8. The lowest BCUT2D eigenvalue weighted by molar-refractivity contribution is 0.213. The van der Waals surface area contributed by atoms with E-state index in [0.717, 1.165) is 19.6 Å². The number of nitrogens with one attached hydrogen (secondary N) is 1. The molecule has 0 saturated heterocycles. The van der Waals surface area contributed by atoms with Crippen LogP contribution in [0.5, 0.6) is 0 Å². The summed E-state index contributed by atoms with van der Waals surface area (Å²) >= 11 is 0. The van der Waals surface area contributed by atoms with Gasteiger partial charge in [-0.3, -0.25) is 4.90 Å². The third-order valence-corrected chi connectivity index (χ3v) is 3.20. The maximum atomic E-state index is 3.38. The number of nitrogens with zero attached hydrogens (tertiary/aromatic N) is 1. The first-order chi connectivity index (χ1) is 8.67. The van der Waals surface area contributed by atoms with Crippen molar-refractivity contribution < 1.29 is 0 Å². The minimum absolute atomic E-state index is 0.613. The zero-order valence-corrected chi connectivity index (χ0v) is 12.4. The van der Waals surface area contributed by atoms with Gasteiger partial charge in [0.1, 0.15) is 0 Å². The van der Waals surface area contributed by atoms with Crippen LogP contribution in [0.15, 0.2) is 24.3 Å². The number of benzene rings is 1. The summed E-state index contributed by atoms with van der Waals surface area (Å²) in [6.07, 6.45) is 1.22. The normalized spacial score (nSPS) is 11.4. The number of hydrogen-bond acceptors (Lipinski definition) is 2. The van der Waals surface area contributed by atoms with Gasteiger partial charge in [0.05, 0.1) is 0 Å². The van der Waals surface area contributed by atoms with Crippen LogP contribution in [0.4, 0.5) is 0 Å². The van der Waals surface area contributed by atoms with Crippen LogP contribution in [-0.4, -0.2) is 24.0 Å². The molecule has 1 N–H and O–H groups in total. The Bertz CT molecular complexity index is 334. The fourth-order valence-corrected chi connectivity index (χ4v) is 2.15. The molecular weight excluding hydrogens is 220 g/mol. The first-order valence-corrected chi connectivity index (χ1v) is 7.20. The van der Waals surface area contributed by atoms with Crippen molar-refractivity contribution in [2.45, 2.75) is 53.2 Å². The summed E-state index contributed by atoms with van der Waals surface area (Å²) in [6.45, 7) is 13.2. The smallest absolute Gasteiger partial charge is 0.0236 e. The van der Waals surface area contributed by atoms with E-state index in [1.807, 2.05) is 0 Å². The molecule has 0 fully saturated rings. The highest BCUT2D eigenvalue weighted by atomic mass is 15.1. The highest BCUT2D eigenvalue weighted by Crippen LogP contribution is 2.11. The SMILES string of the molecule is CCCN(Cc1cccc(CNCC)c1)C(C)C. The maximum absolute atomic E-state index is 3.38. The summed E-state index contributed by atoms with van der Waals surface area (Å²) in [7, 11) is 0. The van der Waals surface area contributed by atoms with E-state index in [-0.39, 0.29) is 0 Å². The van der Waals surface area contributed by atoms with E-state index in [4.69, 9.17) is 0 Å². The fraction of sp³-hybridized carbons (Fsp3) is 0.625. The lowest BCUT2D eigenvalue weighted by Crippen LogP contribution is -2.31. The van der Waals surface area contributed by atoms with E-state index >= 15 is 0 Å². The molecule has 1 rings (SSSR count). The topological polar surface area (TPSA) is 15.3 Å². The molecular formula is C16H28N2. The average molecular weight is 248 g/mol. The third-order valence-electron chi connectivity index (χ3n) is 3.20. The van der Waals surface area contributed by atoms with Crippen LogP contribution < -0.4 is 5.32 Å². The van der Waals surface area contributed by atoms with Crippen molar-refractivity contribution in [2.24, 2.45) is 0 Å². The fourth-order valence-electron chi connectivity index (χ4n) is 2.15. The van der Waals surface area contributed by atoms with E-state index in [9.17, 15) is 0 Å². The molecule has 0 unspecified atom stereocenters.